The molecule has 0 saturated carbocycles. The van der Waals surface area contributed by atoms with Gasteiger partial charge in [-0.3, -0.25) is 4.79 Å². The zero-order valence-corrected chi connectivity index (χ0v) is 15.4. The third-order valence-electron chi connectivity index (χ3n) is 3.95. The van der Waals surface area contributed by atoms with E-state index < -0.39 is 0 Å². The van der Waals surface area contributed by atoms with Crippen LogP contribution >= 0.6 is 11.6 Å². The Kier molecular flexibility index (Phi) is 4.72. The van der Waals surface area contributed by atoms with Crippen molar-refractivity contribution in [3.8, 4) is 11.4 Å². The van der Waals surface area contributed by atoms with Crippen LogP contribution in [-0.2, 0) is 11.2 Å². The normalized spacial score (nSPS) is 11.3. The van der Waals surface area contributed by atoms with Crippen LogP contribution in [0.15, 0.2) is 24.3 Å². The van der Waals surface area contributed by atoms with Crippen molar-refractivity contribution in [2.24, 2.45) is 0 Å². The lowest BCUT2D eigenvalue weighted by molar-refractivity contribution is -0.120. The zero-order valence-electron chi connectivity index (χ0n) is 14.7. The summed E-state index contributed by atoms with van der Waals surface area (Å²) in [6, 6.07) is 7.52. The fraction of sp³-hybridized carbons (Fsp3) is 0.333. The quantitative estimate of drug-likeness (QED) is 0.778. The lowest BCUT2D eigenvalue weighted by Crippen LogP contribution is -2.32. The molecule has 7 heteroatoms. The van der Waals surface area contributed by atoms with Gasteiger partial charge in [0.15, 0.2) is 5.82 Å². The summed E-state index contributed by atoms with van der Waals surface area (Å²) in [4.78, 5) is 21.1. The molecular weight excluding hydrogens is 338 g/mol. The van der Waals surface area contributed by atoms with E-state index in [2.05, 4.69) is 20.4 Å². The van der Waals surface area contributed by atoms with Gasteiger partial charge in [-0.05, 0) is 39.8 Å². The van der Waals surface area contributed by atoms with Gasteiger partial charge in [0, 0.05) is 28.6 Å². The Balaban J connectivity index is 2.05. The number of carbonyl (C=O) groups excluding carboxylic acids is 1. The number of halogens is 1. The van der Waals surface area contributed by atoms with E-state index >= 15 is 0 Å². The van der Waals surface area contributed by atoms with E-state index in [-0.39, 0.29) is 18.4 Å². The highest BCUT2D eigenvalue weighted by Gasteiger charge is 2.17. The number of fused-ring (bicyclic) bond motifs is 1. The SMILES string of the molecule is Cc1nc2nc(-c3ccccc3Cl)nn2c(C)c1CC(=O)NC(C)C. The number of aryl methyl sites for hydroxylation is 2. The summed E-state index contributed by atoms with van der Waals surface area (Å²) in [6.07, 6.45) is 0.264. The number of rotatable bonds is 4. The third-order valence-corrected chi connectivity index (χ3v) is 4.28. The molecule has 1 N–H and O–H groups in total. The molecule has 0 bridgehead atoms. The molecule has 2 heterocycles. The first-order chi connectivity index (χ1) is 11.9. The summed E-state index contributed by atoms with van der Waals surface area (Å²) in [6.45, 7) is 7.68. The molecule has 1 aromatic carbocycles. The molecule has 0 saturated heterocycles. The Morgan fingerprint density at radius 1 is 1.24 bits per heavy atom. The maximum Gasteiger partial charge on any atom is 0.253 e. The summed E-state index contributed by atoms with van der Waals surface area (Å²) in [7, 11) is 0. The molecule has 0 aliphatic heterocycles. The molecule has 25 heavy (non-hydrogen) atoms. The van der Waals surface area contributed by atoms with Crippen molar-refractivity contribution >= 4 is 23.3 Å². The Labute approximate surface area is 151 Å². The van der Waals surface area contributed by atoms with Crippen LogP contribution in [0, 0.1) is 13.8 Å². The molecule has 0 aliphatic rings. The van der Waals surface area contributed by atoms with Crippen LogP contribution < -0.4 is 5.32 Å². The van der Waals surface area contributed by atoms with Crippen LogP contribution in [0.5, 0.6) is 0 Å². The maximum atomic E-state index is 12.1. The lowest BCUT2D eigenvalue weighted by atomic mass is 10.1. The second-order valence-corrected chi connectivity index (χ2v) is 6.69. The Bertz CT molecular complexity index is 948. The van der Waals surface area contributed by atoms with Crippen LogP contribution in [-0.4, -0.2) is 31.5 Å². The highest BCUT2D eigenvalue weighted by atomic mass is 35.5. The largest absolute Gasteiger partial charge is 0.354 e. The van der Waals surface area contributed by atoms with Crippen molar-refractivity contribution in [2.45, 2.75) is 40.2 Å². The molecule has 0 atom stereocenters. The minimum Gasteiger partial charge on any atom is -0.354 e. The van der Waals surface area contributed by atoms with Gasteiger partial charge in [-0.25, -0.2) is 9.50 Å². The van der Waals surface area contributed by atoms with Crippen LogP contribution in [0.25, 0.3) is 17.2 Å². The summed E-state index contributed by atoms with van der Waals surface area (Å²) in [5, 5.41) is 8.03. The monoisotopic (exact) mass is 357 g/mol. The first-order valence-corrected chi connectivity index (χ1v) is 8.51. The fourth-order valence-corrected chi connectivity index (χ4v) is 2.97. The average molecular weight is 358 g/mol. The van der Waals surface area contributed by atoms with E-state index in [4.69, 9.17) is 11.6 Å². The van der Waals surface area contributed by atoms with Crippen molar-refractivity contribution in [3.63, 3.8) is 0 Å². The third kappa shape index (κ3) is 3.49. The predicted octanol–water partition coefficient (Wildman–Crippen LogP) is 3.13. The van der Waals surface area contributed by atoms with E-state index in [0.29, 0.717) is 16.6 Å². The summed E-state index contributed by atoms with van der Waals surface area (Å²) in [5.41, 5.74) is 3.25. The molecule has 1 amide bonds. The number of hydrogen-bond donors (Lipinski definition) is 1. The van der Waals surface area contributed by atoms with E-state index in [9.17, 15) is 4.79 Å². The maximum absolute atomic E-state index is 12.1. The van der Waals surface area contributed by atoms with Crippen LogP contribution in [0.3, 0.4) is 0 Å². The van der Waals surface area contributed by atoms with Crippen LogP contribution in [0.1, 0.15) is 30.8 Å². The van der Waals surface area contributed by atoms with Crippen molar-refractivity contribution in [1.29, 1.82) is 0 Å². The molecule has 0 radical (unpaired) electrons. The van der Waals surface area contributed by atoms with Crippen molar-refractivity contribution < 1.29 is 4.79 Å². The van der Waals surface area contributed by atoms with Gasteiger partial charge >= 0.3 is 0 Å². The standard InChI is InChI=1S/C18H20ClN5O/c1-10(2)20-16(25)9-14-11(3)21-18-22-17(23-24(18)12(14)4)13-7-5-6-8-15(13)19/h5-8,10H,9H2,1-4H3,(H,20,25). The first kappa shape index (κ1) is 17.4. The van der Waals surface area contributed by atoms with Crippen molar-refractivity contribution in [2.75, 3.05) is 0 Å². The predicted molar refractivity (Wildman–Crippen MR) is 97.7 cm³/mol. The van der Waals surface area contributed by atoms with Crippen molar-refractivity contribution in [3.05, 3.63) is 46.2 Å². The Hall–Kier alpha value is -2.47. The smallest absolute Gasteiger partial charge is 0.253 e. The second kappa shape index (κ2) is 6.80. The highest BCUT2D eigenvalue weighted by Crippen LogP contribution is 2.25. The number of hydrogen-bond acceptors (Lipinski definition) is 4. The van der Waals surface area contributed by atoms with Gasteiger partial charge in [0.25, 0.3) is 5.78 Å². The second-order valence-electron chi connectivity index (χ2n) is 6.29. The van der Waals surface area contributed by atoms with Crippen LogP contribution in [0.2, 0.25) is 5.02 Å². The van der Waals surface area contributed by atoms with Gasteiger partial charge in [0.1, 0.15) is 0 Å². The zero-order chi connectivity index (χ0) is 18.1. The minimum absolute atomic E-state index is 0.0335. The first-order valence-electron chi connectivity index (χ1n) is 8.14. The molecule has 3 rings (SSSR count). The molecule has 0 spiro atoms. The summed E-state index contributed by atoms with van der Waals surface area (Å²) in [5.74, 6) is 0.983. The molecule has 0 fully saturated rings. The number of nitrogens with one attached hydrogen (secondary N) is 1. The minimum atomic E-state index is -0.0335. The van der Waals surface area contributed by atoms with E-state index in [0.717, 1.165) is 22.5 Å². The van der Waals surface area contributed by atoms with Crippen LogP contribution in [0.4, 0.5) is 0 Å². The number of nitrogens with zero attached hydrogens (tertiary/aromatic N) is 4. The Morgan fingerprint density at radius 3 is 2.64 bits per heavy atom. The number of amides is 1. The molecule has 6 nitrogen and oxygen atoms in total. The van der Waals surface area contributed by atoms with Gasteiger partial charge in [-0.1, -0.05) is 23.7 Å². The molecule has 2 aromatic heterocycles. The van der Waals surface area contributed by atoms with Gasteiger partial charge in [-0.15, -0.1) is 5.10 Å². The topological polar surface area (TPSA) is 72.2 Å². The molecule has 130 valence electrons. The average Bonchev–Trinajstić information content (AvgIpc) is 2.95. The number of aromatic nitrogens is 4. The highest BCUT2D eigenvalue weighted by molar-refractivity contribution is 6.33. The number of benzene rings is 1. The fourth-order valence-electron chi connectivity index (χ4n) is 2.75. The van der Waals surface area contributed by atoms with Gasteiger partial charge < -0.3 is 5.32 Å². The van der Waals surface area contributed by atoms with Gasteiger partial charge in [0.05, 0.1) is 11.4 Å². The summed E-state index contributed by atoms with van der Waals surface area (Å²) >= 11 is 6.24. The van der Waals surface area contributed by atoms with E-state index in [1.165, 1.54) is 0 Å². The van der Waals surface area contributed by atoms with E-state index in [1.807, 2.05) is 45.9 Å². The molecule has 0 unspecified atom stereocenters. The van der Waals surface area contributed by atoms with Crippen molar-refractivity contribution in [1.82, 2.24) is 24.9 Å². The van der Waals surface area contributed by atoms with Gasteiger partial charge in [0.2, 0.25) is 5.91 Å². The number of carbonyl (C=O) groups is 1. The van der Waals surface area contributed by atoms with Gasteiger partial charge in [-0.2, -0.15) is 4.98 Å². The lowest BCUT2D eigenvalue weighted by Gasteiger charge is -2.12. The summed E-state index contributed by atoms with van der Waals surface area (Å²) < 4.78 is 1.67. The molecule has 3 aromatic rings. The van der Waals surface area contributed by atoms with E-state index in [1.54, 1.807) is 10.6 Å². The Morgan fingerprint density at radius 2 is 1.96 bits per heavy atom. The molecular formula is C18H20ClN5O. The molecule has 0 aliphatic carbocycles.